The summed E-state index contributed by atoms with van der Waals surface area (Å²) >= 11 is 0. The van der Waals surface area contributed by atoms with Crippen molar-refractivity contribution in [2.75, 3.05) is 11.9 Å². The first-order valence-electron chi connectivity index (χ1n) is 19.4. The zero-order valence-corrected chi connectivity index (χ0v) is 32.8. The molecule has 55 heavy (non-hydrogen) atoms. The first kappa shape index (κ1) is 38.8. The zero-order valence-electron chi connectivity index (χ0n) is 32.0. The van der Waals surface area contributed by atoms with Gasteiger partial charge in [-0.1, -0.05) is 70.0 Å². The first-order valence-corrected chi connectivity index (χ1v) is 20.9. The first-order chi connectivity index (χ1) is 26.0. The van der Waals surface area contributed by atoms with Crippen LogP contribution in [0.5, 0.6) is 0 Å². The number of rotatable bonds is 6. The van der Waals surface area contributed by atoms with Gasteiger partial charge in [0.2, 0.25) is 21.8 Å². The number of halogens is 1. The minimum absolute atomic E-state index is 0.0359. The van der Waals surface area contributed by atoms with Crippen LogP contribution in [-0.2, 0) is 47.6 Å². The molecule has 3 aliphatic heterocycles. The second-order valence-electron chi connectivity index (χ2n) is 17.2. The van der Waals surface area contributed by atoms with Gasteiger partial charge in [0.05, 0.1) is 17.8 Å². The molecule has 2 aromatic rings. The molecule has 14 heteroatoms. The number of allylic oxidation sites excluding steroid dienone is 1. The number of benzene rings is 2. The van der Waals surface area contributed by atoms with Gasteiger partial charge >= 0.3 is 6.09 Å². The molecule has 0 unspecified atom stereocenters. The molecule has 3 fully saturated rings. The summed E-state index contributed by atoms with van der Waals surface area (Å²) in [6.07, 6.45) is 6.95. The minimum Gasteiger partial charge on any atom is -0.444 e. The van der Waals surface area contributed by atoms with E-state index in [-0.39, 0.29) is 43.8 Å². The van der Waals surface area contributed by atoms with Gasteiger partial charge in [0, 0.05) is 30.1 Å². The van der Waals surface area contributed by atoms with E-state index in [9.17, 15) is 32.0 Å². The van der Waals surface area contributed by atoms with Crippen molar-refractivity contribution in [3.05, 3.63) is 77.1 Å². The fraction of sp³-hybridized carbons (Fsp3) is 0.561. The highest BCUT2D eigenvalue weighted by Crippen LogP contribution is 2.47. The number of carbonyl (C=O) groups is 4. The summed E-state index contributed by atoms with van der Waals surface area (Å²) in [6.45, 7) is 8.05. The lowest BCUT2D eigenvalue weighted by atomic mass is 9.87. The van der Waals surface area contributed by atoms with Crippen molar-refractivity contribution >= 4 is 39.5 Å². The van der Waals surface area contributed by atoms with E-state index in [1.165, 1.54) is 15.9 Å². The number of ether oxygens (including phenoxy) is 1. The quantitative estimate of drug-likeness (QED) is 0.329. The number of hydrogen-bond donors (Lipinski definition) is 3. The average molecular weight is 778 g/mol. The molecule has 12 nitrogen and oxygen atoms in total. The Kier molecular flexibility index (Phi) is 10.3. The SMILES string of the molecule is CC(C)(C)c1cccc(N[C@H]2CCCCCC=C[C@@H]3C[C@@]3(C(=O)NS(=O)(=O)C3(C)CC3)NC(=O)[C@@H]3C[C@@H](OC(=O)N4Cc5cccc(F)c5C4)CN3C2=O)c1. The van der Waals surface area contributed by atoms with Crippen molar-refractivity contribution in [2.45, 2.75) is 132 Å². The number of nitrogens with zero attached hydrogens (tertiary/aromatic N) is 2. The van der Waals surface area contributed by atoms with Crippen molar-refractivity contribution in [2.24, 2.45) is 5.92 Å². The Morgan fingerprint density at radius 2 is 1.80 bits per heavy atom. The van der Waals surface area contributed by atoms with Gasteiger partial charge in [-0.2, -0.15) is 0 Å². The van der Waals surface area contributed by atoms with E-state index in [1.807, 2.05) is 36.4 Å². The summed E-state index contributed by atoms with van der Waals surface area (Å²) in [4.78, 5) is 59.3. The third kappa shape index (κ3) is 7.97. The molecule has 0 bridgehead atoms. The molecule has 0 aromatic heterocycles. The maximum Gasteiger partial charge on any atom is 0.410 e. The molecule has 296 valence electrons. The van der Waals surface area contributed by atoms with Crippen LogP contribution in [0.3, 0.4) is 0 Å². The summed E-state index contributed by atoms with van der Waals surface area (Å²) in [7, 11) is -3.99. The number of fused-ring (bicyclic) bond motifs is 3. The number of sulfonamides is 1. The standard InChI is InChI=1S/C41H52FN5O7S/c1-39(2,3)27-14-11-15-29(20-27)43-33-17-9-7-5-6-8-13-28-22-41(28,37(50)45-55(52,53)40(4)18-19-40)44-35(48)34-21-30(24-47(34)36(33)49)54-38(51)46-23-26-12-10-16-32(42)31(26)25-46/h8,10-16,20,28,30,33-34,43H,5-7,9,17-19,21-25H2,1-4H3,(H,44,48)(H,45,50)/t28-,30-,33+,34+,41-/m1/s1. The van der Waals surface area contributed by atoms with Crippen LogP contribution in [0.25, 0.3) is 0 Å². The van der Waals surface area contributed by atoms with Gasteiger partial charge in [-0.25, -0.2) is 17.6 Å². The monoisotopic (exact) mass is 777 g/mol. The molecule has 4 amide bonds. The third-order valence-corrected chi connectivity index (χ3v) is 14.2. The van der Waals surface area contributed by atoms with Crippen LogP contribution in [0.2, 0.25) is 0 Å². The van der Waals surface area contributed by atoms with E-state index in [2.05, 4.69) is 36.1 Å². The van der Waals surface area contributed by atoms with Gasteiger partial charge in [-0.15, -0.1) is 0 Å². The fourth-order valence-corrected chi connectivity index (χ4v) is 9.26. The van der Waals surface area contributed by atoms with Gasteiger partial charge in [-0.3, -0.25) is 24.0 Å². The molecule has 2 aliphatic carbocycles. The van der Waals surface area contributed by atoms with E-state index >= 15 is 0 Å². The molecule has 7 rings (SSSR count). The summed E-state index contributed by atoms with van der Waals surface area (Å²) in [5, 5.41) is 6.33. The Morgan fingerprint density at radius 1 is 1.04 bits per heavy atom. The Bertz CT molecular complexity index is 2010. The number of amides is 4. The molecular weight excluding hydrogens is 726 g/mol. The maximum absolute atomic E-state index is 14.7. The van der Waals surface area contributed by atoms with Crippen LogP contribution >= 0.6 is 0 Å². The van der Waals surface area contributed by atoms with Crippen LogP contribution in [0.4, 0.5) is 14.9 Å². The molecule has 2 saturated carbocycles. The highest BCUT2D eigenvalue weighted by molar-refractivity contribution is 7.91. The highest BCUT2D eigenvalue weighted by Gasteiger charge is 2.63. The second kappa shape index (κ2) is 14.6. The normalized spacial score (nSPS) is 27.8. The number of nitrogens with one attached hydrogen (secondary N) is 3. The molecule has 3 N–H and O–H groups in total. The van der Waals surface area contributed by atoms with Crippen LogP contribution < -0.4 is 15.4 Å². The van der Waals surface area contributed by atoms with Crippen LogP contribution in [0.1, 0.15) is 102 Å². The van der Waals surface area contributed by atoms with Crippen LogP contribution in [-0.4, -0.2) is 77.1 Å². The lowest BCUT2D eigenvalue weighted by molar-refractivity contribution is -0.140. The largest absolute Gasteiger partial charge is 0.444 e. The van der Waals surface area contributed by atoms with Crippen molar-refractivity contribution in [1.82, 2.24) is 19.8 Å². The van der Waals surface area contributed by atoms with E-state index in [0.717, 1.165) is 36.9 Å². The molecule has 0 spiro atoms. The van der Waals surface area contributed by atoms with Crippen molar-refractivity contribution < 1.29 is 36.7 Å². The van der Waals surface area contributed by atoms with E-state index in [1.54, 1.807) is 19.1 Å². The molecule has 1 saturated heterocycles. The predicted octanol–water partition coefficient (Wildman–Crippen LogP) is 5.42. The maximum atomic E-state index is 14.7. The van der Waals surface area contributed by atoms with Gasteiger partial charge in [0.15, 0.2) is 0 Å². The Labute approximate surface area is 322 Å². The summed E-state index contributed by atoms with van der Waals surface area (Å²) in [5.41, 5.74) is 1.30. The van der Waals surface area contributed by atoms with E-state index in [0.29, 0.717) is 30.4 Å². The zero-order chi connectivity index (χ0) is 39.3. The molecule has 5 atom stereocenters. The van der Waals surface area contributed by atoms with Crippen LogP contribution in [0, 0.1) is 11.7 Å². The van der Waals surface area contributed by atoms with E-state index in [4.69, 9.17) is 4.74 Å². The van der Waals surface area contributed by atoms with Crippen molar-refractivity contribution in [1.29, 1.82) is 0 Å². The summed E-state index contributed by atoms with van der Waals surface area (Å²) in [5.74, 6) is -2.63. The molecule has 3 heterocycles. The van der Waals surface area contributed by atoms with Gasteiger partial charge in [0.25, 0.3) is 5.91 Å². The topological polar surface area (TPSA) is 154 Å². The highest BCUT2D eigenvalue weighted by atomic mass is 32.2. The minimum atomic E-state index is -3.99. The van der Waals surface area contributed by atoms with Gasteiger partial charge in [0.1, 0.15) is 29.5 Å². The molecule has 5 aliphatic rings. The fourth-order valence-electron chi connectivity index (χ4n) is 7.95. The lowest BCUT2D eigenvalue weighted by Gasteiger charge is -2.30. The third-order valence-electron chi connectivity index (χ3n) is 12.0. The predicted molar refractivity (Wildman–Crippen MR) is 204 cm³/mol. The Balaban J connectivity index is 1.16. The van der Waals surface area contributed by atoms with Crippen molar-refractivity contribution in [3.8, 4) is 0 Å². The Hall–Kier alpha value is -4.46. The van der Waals surface area contributed by atoms with Crippen LogP contribution in [0.15, 0.2) is 54.6 Å². The summed E-state index contributed by atoms with van der Waals surface area (Å²) < 4.78 is 48.0. The molecular formula is C41H52FN5O7S. The molecule has 2 aromatic carbocycles. The average Bonchev–Trinajstić information content (AvgIpc) is 3.92. The smallest absolute Gasteiger partial charge is 0.410 e. The number of hydrogen-bond acceptors (Lipinski definition) is 8. The number of carbonyl (C=O) groups excluding carboxylic acids is 4. The van der Waals surface area contributed by atoms with E-state index < -0.39 is 68.1 Å². The van der Waals surface area contributed by atoms with Gasteiger partial charge in [-0.05, 0) is 80.2 Å². The lowest BCUT2D eigenvalue weighted by Crippen LogP contribution is -2.58. The summed E-state index contributed by atoms with van der Waals surface area (Å²) in [6, 6.07) is 10.8. The van der Waals surface area contributed by atoms with Crippen molar-refractivity contribution in [3.63, 3.8) is 0 Å². The second-order valence-corrected chi connectivity index (χ2v) is 19.4. The number of anilines is 1. The van der Waals surface area contributed by atoms with Gasteiger partial charge < -0.3 is 20.3 Å². The molecule has 0 radical (unpaired) electrons. The Morgan fingerprint density at radius 3 is 2.53 bits per heavy atom.